The van der Waals surface area contributed by atoms with Gasteiger partial charge in [-0.05, 0) is 93.6 Å². The van der Waals surface area contributed by atoms with E-state index in [-0.39, 0.29) is 17.2 Å². The predicted octanol–water partition coefficient (Wildman–Crippen LogP) is 3.60. The van der Waals surface area contributed by atoms with E-state index in [1.165, 1.54) is 42.5 Å². The molecule has 1 aromatic rings. The Morgan fingerprint density at radius 1 is 0.960 bits per heavy atom. The standard InChI is InChI=1S/C20H26N2O2S/c23-18(17-8-15-3-1-2-4-16(15)25-17)21-22-19(24)20-9-12-5-13(10-20)7-14(6-12)11-20/h8,12-14H,1-7,9-11H2,(H,21,23)(H,22,24). The smallest absolute Gasteiger partial charge is 0.273 e. The van der Waals surface area contributed by atoms with E-state index in [9.17, 15) is 9.59 Å². The summed E-state index contributed by atoms with van der Waals surface area (Å²) >= 11 is 1.59. The van der Waals surface area contributed by atoms with Gasteiger partial charge in [0.25, 0.3) is 5.91 Å². The molecule has 4 fully saturated rings. The van der Waals surface area contributed by atoms with Gasteiger partial charge in [0, 0.05) is 4.88 Å². The predicted molar refractivity (Wildman–Crippen MR) is 97.2 cm³/mol. The van der Waals surface area contributed by atoms with Crippen LogP contribution in [0, 0.1) is 23.2 Å². The van der Waals surface area contributed by atoms with E-state index in [1.54, 1.807) is 11.3 Å². The largest absolute Gasteiger partial charge is 0.279 e. The number of carbonyl (C=O) groups is 2. The van der Waals surface area contributed by atoms with Gasteiger partial charge >= 0.3 is 0 Å². The Bertz CT molecular complexity index is 664. The van der Waals surface area contributed by atoms with Crippen molar-refractivity contribution < 1.29 is 9.59 Å². The second kappa shape index (κ2) is 5.83. The van der Waals surface area contributed by atoms with E-state index in [4.69, 9.17) is 0 Å². The second-order valence-electron chi connectivity index (χ2n) is 8.87. The van der Waals surface area contributed by atoms with Crippen LogP contribution >= 0.6 is 11.3 Å². The van der Waals surface area contributed by atoms with Gasteiger partial charge in [-0.15, -0.1) is 11.3 Å². The lowest BCUT2D eigenvalue weighted by Gasteiger charge is -2.55. The van der Waals surface area contributed by atoms with Crippen LogP contribution in [-0.2, 0) is 17.6 Å². The summed E-state index contributed by atoms with van der Waals surface area (Å²) in [7, 11) is 0. The molecule has 0 spiro atoms. The number of fused-ring (bicyclic) bond motifs is 1. The molecular weight excluding hydrogens is 332 g/mol. The van der Waals surface area contributed by atoms with E-state index in [0.29, 0.717) is 0 Å². The molecule has 0 aliphatic heterocycles. The quantitative estimate of drug-likeness (QED) is 0.794. The summed E-state index contributed by atoms with van der Waals surface area (Å²) in [6.07, 6.45) is 11.6. The minimum atomic E-state index is -0.212. The van der Waals surface area contributed by atoms with Crippen molar-refractivity contribution in [3.63, 3.8) is 0 Å². The highest BCUT2D eigenvalue weighted by molar-refractivity contribution is 7.14. The Morgan fingerprint density at radius 2 is 1.60 bits per heavy atom. The molecule has 5 heteroatoms. The molecule has 25 heavy (non-hydrogen) atoms. The first-order chi connectivity index (χ1) is 12.1. The third kappa shape index (κ3) is 2.71. The average molecular weight is 359 g/mol. The fourth-order valence-corrected chi connectivity index (χ4v) is 7.45. The molecule has 0 atom stereocenters. The van der Waals surface area contributed by atoms with Crippen LogP contribution < -0.4 is 10.9 Å². The zero-order valence-electron chi connectivity index (χ0n) is 14.6. The number of nitrogens with one attached hydrogen (secondary N) is 2. The fourth-order valence-electron chi connectivity index (χ4n) is 6.30. The molecule has 0 saturated heterocycles. The van der Waals surface area contributed by atoms with Crippen molar-refractivity contribution in [1.29, 1.82) is 0 Å². The van der Waals surface area contributed by atoms with Crippen LogP contribution in [0.5, 0.6) is 0 Å². The minimum absolute atomic E-state index is 0.0567. The number of amides is 2. The Hall–Kier alpha value is -1.36. The zero-order valence-corrected chi connectivity index (χ0v) is 15.4. The maximum atomic E-state index is 12.9. The number of hydrogen-bond acceptors (Lipinski definition) is 3. The molecule has 5 aliphatic rings. The molecule has 134 valence electrons. The van der Waals surface area contributed by atoms with Crippen LogP contribution in [0.4, 0.5) is 0 Å². The van der Waals surface area contributed by atoms with Crippen LogP contribution in [0.15, 0.2) is 6.07 Å². The maximum absolute atomic E-state index is 12.9. The third-order valence-electron chi connectivity index (χ3n) is 7.03. The minimum Gasteiger partial charge on any atom is -0.273 e. The fraction of sp³-hybridized carbons (Fsp3) is 0.700. The summed E-state index contributed by atoms with van der Waals surface area (Å²) in [4.78, 5) is 27.5. The van der Waals surface area contributed by atoms with Crippen molar-refractivity contribution in [1.82, 2.24) is 10.9 Å². The molecule has 4 saturated carbocycles. The van der Waals surface area contributed by atoms with E-state index >= 15 is 0 Å². The first-order valence-corrected chi connectivity index (χ1v) is 10.7. The maximum Gasteiger partial charge on any atom is 0.279 e. The topological polar surface area (TPSA) is 58.2 Å². The Kier molecular flexibility index (Phi) is 3.70. The molecule has 0 unspecified atom stereocenters. The highest BCUT2D eigenvalue weighted by Gasteiger charge is 2.54. The molecule has 2 amide bonds. The van der Waals surface area contributed by atoms with Gasteiger partial charge in [0.15, 0.2) is 0 Å². The lowest BCUT2D eigenvalue weighted by atomic mass is 9.49. The van der Waals surface area contributed by atoms with Crippen LogP contribution in [0.3, 0.4) is 0 Å². The molecule has 0 aromatic carbocycles. The number of carbonyl (C=O) groups excluding carboxylic acids is 2. The lowest BCUT2D eigenvalue weighted by molar-refractivity contribution is -0.147. The number of hydrazine groups is 1. The van der Waals surface area contributed by atoms with Gasteiger partial charge in [0.1, 0.15) is 0 Å². The Morgan fingerprint density at radius 3 is 2.24 bits per heavy atom. The lowest BCUT2D eigenvalue weighted by Crippen LogP contribution is -2.56. The van der Waals surface area contributed by atoms with Crippen LogP contribution in [-0.4, -0.2) is 11.8 Å². The first kappa shape index (κ1) is 15.9. The molecular formula is C20H26N2O2S. The van der Waals surface area contributed by atoms with Crippen molar-refractivity contribution in [3.8, 4) is 0 Å². The highest BCUT2D eigenvalue weighted by atomic mass is 32.1. The summed E-state index contributed by atoms with van der Waals surface area (Å²) in [5.41, 5.74) is 6.61. The second-order valence-corrected chi connectivity index (χ2v) is 10.0. The van der Waals surface area contributed by atoms with Crippen LogP contribution in [0.2, 0.25) is 0 Å². The summed E-state index contributed by atoms with van der Waals surface area (Å²) in [5, 5.41) is 0. The molecule has 5 aliphatic carbocycles. The molecule has 1 aromatic heterocycles. The normalized spacial score (nSPS) is 35.3. The molecule has 1 heterocycles. The van der Waals surface area contributed by atoms with E-state index in [2.05, 4.69) is 10.9 Å². The van der Waals surface area contributed by atoms with Gasteiger partial charge in [-0.1, -0.05) is 0 Å². The molecule has 4 bridgehead atoms. The monoisotopic (exact) mass is 358 g/mol. The van der Waals surface area contributed by atoms with Crippen molar-refractivity contribution in [3.05, 3.63) is 21.4 Å². The Labute approximate surface area is 152 Å². The van der Waals surface area contributed by atoms with Gasteiger partial charge in [0.05, 0.1) is 10.3 Å². The SMILES string of the molecule is O=C(NNC(=O)C12CC3CC(CC(C3)C1)C2)c1cc2c(s1)CCCC2. The van der Waals surface area contributed by atoms with Crippen LogP contribution in [0.25, 0.3) is 0 Å². The number of aryl methyl sites for hydroxylation is 2. The molecule has 2 N–H and O–H groups in total. The summed E-state index contributed by atoms with van der Waals surface area (Å²) < 4.78 is 0. The summed E-state index contributed by atoms with van der Waals surface area (Å²) in [6, 6.07) is 2.02. The molecule has 6 rings (SSSR count). The van der Waals surface area contributed by atoms with E-state index < -0.39 is 0 Å². The molecule has 0 radical (unpaired) electrons. The Balaban J connectivity index is 1.24. The first-order valence-electron chi connectivity index (χ1n) is 9.84. The van der Waals surface area contributed by atoms with Crippen molar-refractivity contribution in [2.45, 2.75) is 64.2 Å². The van der Waals surface area contributed by atoms with Gasteiger partial charge in [0.2, 0.25) is 5.91 Å². The highest BCUT2D eigenvalue weighted by Crippen LogP contribution is 2.60. The van der Waals surface area contributed by atoms with Crippen molar-refractivity contribution in [2.24, 2.45) is 23.2 Å². The van der Waals surface area contributed by atoms with Crippen molar-refractivity contribution >= 4 is 23.2 Å². The zero-order chi connectivity index (χ0) is 17.0. The van der Waals surface area contributed by atoms with Gasteiger partial charge in [-0.25, -0.2) is 0 Å². The van der Waals surface area contributed by atoms with Gasteiger partial charge in [-0.3, -0.25) is 20.4 Å². The van der Waals surface area contributed by atoms with Gasteiger partial charge in [-0.2, -0.15) is 0 Å². The van der Waals surface area contributed by atoms with Crippen molar-refractivity contribution in [2.75, 3.05) is 0 Å². The number of hydrogen-bond donors (Lipinski definition) is 2. The number of rotatable bonds is 2. The number of thiophene rings is 1. The van der Waals surface area contributed by atoms with E-state index in [1.807, 2.05) is 6.07 Å². The summed E-state index contributed by atoms with van der Waals surface area (Å²) in [6.45, 7) is 0. The average Bonchev–Trinajstić information content (AvgIpc) is 3.02. The third-order valence-corrected chi connectivity index (χ3v) is 8.27. The summed E-state index contributed by atoms with van der Waals surface area (Å²) in [5.74, 6) is 2.10. The van der Waals surface area contributed by atoms with Crippen LogP contribution in [0.1, 0.15) is 71.5 Å². The molecule has 4 nitrogen and oxygen atoms in total. The van der Waals surface area contributed by atoms with Gasteiger partial charge < -0.3 is 0 Å². The van der Waals surface area contributed by atoms with E-state index in [0.717, 1.165) is 54.7 Å².